The van der Waals surface area contributed by atoms with Crippen molar-refractivity contribution in [2.24, 2.45) is 11.8 Å². The minimum absolute atomic E-state index is 0. The minimum atomic E-state index is 0. The largest absolute Gasteiger partial charge is 0.300 e. The fraction of sp³-hybridized carbons (Fsp3) is 0.812. The van der Waals surface area contributed by atoms with Gasteiger partial charge in [0, 0.05) is 5.92 Å². The molecule has 0 aliphatic heterocycles. The Labute approximate surface area is 109 Å². The molecule has 1 heteroatoms. The van der Waals surface area contributed by atoms with Crippen molar-refractivity contribution < 1.29 is 4.79 Å². The summed E-state index contributed by atoms with van der Waals surface area (Å²) in [6, 6.07) is 0. The topological polar surface area (TPSA) is 17.1 Å². The van der Waals surface area contributed by atoms with Gasteiger partial charge in [-0.05, 0) is 51.4 Å². The quantitative estimate of drug-likeness (QED) is 0.601. The summed E-state index contributed by atoms with van der Waals surface area (Å²) in [5.74, 6) is 1.55. The summed E-state index contributed by atoms with van der Waals surface area (Å²) in [4.78, 5) is 11.2. The number of carbonyl (C=O) groups excluding carboxylic acids is 1. The van der Waals surface area contributed by atoms with Gasteiger partial charge in [0.15, 0.2) is 0 Å². The predicted molar refractivity (Wildman–Crippen MR) is 78.3 cm³/mol. The van der Waals surface area contributed by atoms with Gasteiger partial charge >= 0.3 is 0 Å². The van der Waals surface area contributed by atoms with E-state index < -0.39 is 0 Å². The highest BCUT2D eigenvalue weighted by molar-refractivity contribution is 5.78. The molecule has 0 atom stereocenters. The molecule has 102 valence electrons. The Hall–Kier alpha value is -0.590. The van der Waals surface area contributed by atoms with Gasteiger partial charge < -0.3 is 0 Å². The van der Waals surface area contributed by atoms with E-state index in [9.17, 15) is 4.79 Å². The van der Waals surface area contributed by atoms with Crippen LogP contribution in [-0.2, 0) is 4.79 Å². The van der Waals surface area contributed by atoms with Gasteiger partial charge in [0.25, 0.3) is 0 Å². The Bertz CT molecular complexity index is 210. The third-order valence-corrected chi connectivity index (χ3v) is 3.50. The van der Waals surface area contributed by atoms with Crippen molar-refractivity contribution in [2.75, 3.05) is 0 Å². The molecule has 0 radical (unpaired) electrons. The van der Waals surface area contributed by atoms with E-state index in [1.165, 1.54) is 24.8 Å². The summed E-state index contributed by atoms with van der Waals surface area (Å²) >= 11 is 0. The summed E-state index contributed by atoms with van der Waals surface area (Å²) in [6.07, 6.45) is 6.95. The molecule has 1 nitrogen and oxygen atoms in total. The number of carbonyl (C=O) groups is 1. The molecule has 1 fully saturated rings. The van der Waals surface area contributed by atoms with Gasteiger partial charge in [-0.15, -0.1) is 0 Å². The Morgan fingerprint density at radius 3 is 2.00 bits per heavy atom. The second-order valence-corrected chi connectivity index (χ2v) is 4.64. The minimum Gasteiger partial charge on any atom is -0.300 e. The summed E-state index contributed by atoms with van der Waals surface area (Å²) in [6.45, 7) is 12.0. The number of rotatable bonds is 4. The van der Waals surface area contributed by atoms with Crippen LogP contribution in [0.3, 0.4) is 0 Å². The number of Topliss-reactive ketones (excluding diaryl/α,β-unsaturated/α-hetero) is 1. The first-order valence-corrected chi connectivity index (χ1v) is 6.80. The van der Waals surface area contributed by atoms with Gasteiger partial charge in [-0.25, -0.2) is 0 Å². The van der Waals surface area contributed by atoms with Crippen LogP contribution in [0.15, 0.2) is 12.2 Å². The number of ketones is 1. The normalized spacial score (nSPS) is 22.8. The molecule has 0 unspecified atom stereocenters. The van der Waals surface area contributed by atoms with Crippen molar-refractivity contribution in [3.8, 4) is 0 Å². The van der Waals surface area contributed by atoms with Crippen LogP contribution in [0.2, 0.25) is 0 Å². The van der Waals surface area contributed by atoms with Crippen LogP contribution in [0.4, 0.5) is 0 Å². The first kappa shape index (κ1) is 18.8. The average molecular weight is 240 g/mol. The van der Waals surface area contributed by atoms with Crippen LogP contribution in [0.25, 0.3) is 0 Å². The number of allylic oxidation sites excluding steroid dienone is 1. The third-order valence-electron chi connectivity index (χ3n) is 3.50. The van der Waals surface area contributed by atoms with E-state index in [1.807, 2.05) is 13.8 Å². The van der Waals surface area contributed by atoms with Crippen LogP contribution in [-0.4, -0.2) is 5.78 Å². The molecular formula is C16H32O. The van der Waals surface area contributed by atoms with Crippen LogP contribution in [0.1, 0.15) is 73.6 Å². The Kier molecular flexibility index (Phi) is 11.7. The standard InChI is InChI=1S/C13H22O.C2H6.CH4/c1-4-10(2)9-12-5-7-13(8-6-12)11(3)14;1-2;/h12-13H,2,4-9H2,1,3H3;1-2H3;1H4. The monoisotopic (exact) mass is 240 g/mol. The molecule has 0 N–H and O–H groups in total. The molecular weight excluding hydrogens is 208 g/mol. The summed E-state index contributed by atoms with van der Waals surface area (Å²) in [5.41, 5.74) is 1.37. The average Bonchev–Trinajstić information content (AvgIpc) is 2.32. The van der Waals surface area contributed by atoms with Crippen molar-refractivity contribution in [3.63, 3.8) is 0 Å². The molecule has 0 heterocycles. The molecule has 0 spiro atoms. The fourth-order valence-corrected chi connectivity index (χ4v) is 2.33. The zero-order chi connectivity index (χ0) is 12.6. The maximum absolute atomic E-state index is 11.2. The molecule has 1 saturated carbocycles. The van der Waals surface area contributed by atoms with Crippen LogP contribution < -0.4 is 0 Å². The maximum atomic E-state index is 11.2. The molecule has 17 heavy (non-hydrogen) atoms. The lowest BCUT2D eigenvalue weighted by Crippen LogP contribution is -2.20. The van der Waals surface area contributed by atoms with Crippen LogP contribution in [0.5, 0.6) is 0 Å². The van der Waals surface area contributed by atoms with E-state index in [0.29, 0.717) is 11.7 Å². The van der Waals surface area contributed by atoms with Crippen LogP contribution >= 0.6 is 0 Å². The lowest BCUT2D eigenvalue weighted by molar-refractivity contribution is -0.121. The lowest BCUT2D eigenvalue weighted by Gasteiger charge is -2.27. The Morgan fingerprint density at radius 2 is 1.65 bits per heavy atom. The zero-order valence-corrected chi connectivity index (χ0v) is 11.5. The summed E-state index contributed by atoms with van der Waals surface area (Å²) in [5, 5.41) is 0. The molecule has 1 aliphatic rings. The molecule has 1 rings (SSSR count). The highest BCUT2D eigenvalue weighted by Crippen LogP contribution is 2.33. The van der Waals surface area contributed by atoms with Gasteiger partial charge in [-0.2, -0.15) is 0 Å². The van der Waals surface area contributed by atoms with Gasteiger partial charge in [0.2, 0.25) is 0 Å². The smallest absolute Gasteiger partial charge is 0.132 e. The van der Waals surface area contributed by atoms with Gasteiger partial charge in [-0.3, -0.25) is 4.79 Å². The lowest BCUT2D eigenvalue weighted by atomic mass is 9.78. The van der Waals surface area contributed by atoms with E-state index >= 15 is 0 Å². The number of hydrogen-bond acceptors (Lipinski definition) is 1. The van der Waals surface area contributed by atoms with Crippen LogP contribution in [0, 0.1) is 11.8 Å². The van der Waals surface area contributed by atoms with Crippen molar-refractivity contribution in [1.82, 2.24) is 0 Å². The molecule has 0 amide bonds. The van der Waals surface area contributed by atoms with Crippen molar-refractivity contribution in [2.45, 2.75) is 73.6 Å². The van der Waals surface area contributed by atoms with Gasteiger partial charge in [-0.1, -0.05) is 40.3 Å². The number of hydrogen-bond donors (Lipinski definition) is 0. The molecule has 0 bridgehead atoms. The Balaban J connectivity index is 0. The summed E-state index contributed by atoms with van der Waals surface area (Å²) in [7, 11) is 0. The van der Waals surface area contributed by atoms with Gasteiger partial charge in [0.1, 0.15) is 5.78 Å². The third kappa shape index (κ3) is 7.36. The van der Waals surface area contributed by atoms with E-state index in [-0.39, 0.29) is 7.43 Å². The van der Waals surface area contributed by atoms with E-state index in [2.05, 4.69) is 13.5 Å². The predicted octanol–water partition coefficient (Wildman–Crippen LogP) is 5.40. The molecule has 0 saturated heterocycles. The van der Waals surface area contributed by atoms with E-state index in [1.54, 1.807) is 6.92 Å². The van der Waals surface area contributed by atoms with E-state index in [0.717, 1.165) is 25.2 Å². The Morgan fingerprint density at radius 1 is 1.18 bits per heavy atom. The van der Waals surface area contributed by atoms with Crippen molar-refractivity contribution in [1.29, 1.82) is 0 Å². The maximum Gasteiger partial charge on any atom is 0.132 e. The highest BCUT2D eigenvalue weighted by Gasteiger charge is 2.23. The molecule has 0 aromatic heterocycles. The van der Waals surface area contributed by atoms with Crippen molar-refractivity contribution >= 4 is 5.78 Å². The molecule has 0 aromatic carbocycles. The van der Waals surface area contributed by atoms with Gasteiger partial charge in [0.05, 0.1) is 0 Å². The second-order valence-electron chi connectivity index (χ2n) is 4.64. The second kappa shape index (κ2) is 10.6. The SMILES string of the molecule is C.C=C(CC)CC1CCC(C(C)=O)CC1.CC. The first-order chi connectivity index (χ1) is 7.63. The highest BCUT2D eigenvalue weighted by atomic mass is 16.1. The zero-order valence-electron chi connectivity index (χ0n) is 11.5. The van der Waals surface area contributed by atoms with E-state index in [4.69, 9.17) is 0 Å². The fourth-order valence-electron chi connectivity index (χ4n) is 2.33. The first-order valence-electron chi connectivity index (χ1n) is 6.80. The molecule has 0 aromatic rings. The van der Waals surface area contributed by atoms with Crippen molar-refractivity contribution in [3.05, 3.63) is 12.2 Å². The molecule has 1 aliphatic carbocycles. The summed E-state index contributed by atoms with van der Waals surface area (Å²) < 4.78 is 0.